The van der Waals surface area contributed by atoms with Gasteiger partial charge in [0.05, 0.1) is 22.3 Å². The van der Waals surface area contributed by atoms with Crippen LogP contribution in [0.15, 0.2) is 48.0 Å². The van der Waals surface area contributed by atoms with Crippen LogP contribution < -0.4 is 10.1 Å². The number of para-hydroxylation sites is 1. The summed E-state index contributed by atoms with van der Waals surface area (Å²) in [6, 6.07) is 14.4. The molecule has 0 saturated carbocycles. The minimum atomic E-state index is 0.684. The highest BCUT2D eigenvalue weighted by Crippen LogP contribution is 2.23. The van der Waals surface area contributed by atoms with Crippen molar-refractivity contribution in [3.63, 3.8) is 0 Å². The summed E-state index contributed by atoms with van der Waals surface area (Å²) in [5.74, 6) is 0.946. The summed E-state index contributed by atoms with van der Waals surface area (Å²) in [6.45, 7) is 3.44. The molecule has 0 radical (unpaired) electrons. The van der Waals surface area contributed by atoms with Crippen molar-refractivity contribution in [2.75, 3.05) is 11.9 Å². The third-order valence-electron chi connectivity index (χ3n) is 3.09. The zero-order valence-corrected chi connectivity index (χ0v) is 12.1. The number of rotatable bonds is 5. The number of hydrogen-bond acceptors (Lipinski definition) is 4. The fourth-order valence-corrected chi connectivity index (χ4v) is 2.82. The van der Waals surface area contributed by atoms with E-state index in [-0.39, 0.29) is 0 Å². The summed E-state index contributed by atoms with van der Waals surface area (Å²) in [5, 5.41) is 3.44. The molecule has 3 nitrogen and oxygen atoms in total. The first-order valence-corrected chi connectivity index (χ1v) is 7.52. The van der Waals surface area contributed by atoms with E-state index in [0.717, 1.165) is 23.5 Å². The molecule has 0 unspecified atom stereocenters. The van der Waals surface area contributed by atoms with E-state index in [1.165, 1.54) is 10.3 Å². The smallest absolute Gasteiger partial charge is 0.124 e. The van der Waals surface area contributed by atoms with Crippen LogP contribution in [0.4, 0.5) is 5.69 Å². The molecule has 0 saturated heterocycles. The van der Waals surface area contributed by atoms with Gasteiger partial charge in [-0.3, -0.25) is 0 Å². The Morgan fingerprint density at radius 1 is 1.20 bits per heavy atom. The maximum atomic E-state index is 5.64. The number of fused-ring (bicyclic) bond motifs is 1. The van der Waals surface area contributed by atoms with Gasteiger partial charge in [-0.2, -0.15) is 0 Å². The van der Waals surface area contributed by atoms with Crippen LogP contribution in [0.2, 0.25) is 0 Å². The first-order chi connectivity index (χ1) is 9.86. The van der Waals surface area contributed by atoms with Crippen molar-refractivity contribution in [3.05, 3.63) is 53.5 Å². The zero-order valence-electron chi connectivity index (χ0n) is 11.3. The highest BCUT2D eigenvalue weighted by Gasteiger charge is 2.03. The number of nitrogens with zero attached hydrogens (tertiary/aromatic N) is 1. The lowest BCUT2D eigenvalue weighted by Gasteiger charge is -2.11. The minimum absolute atomic E-state index is 0.684. The van der Waals surface area contributed by atoms with Gasteiger partial charge in [0.2, 0.25) is 0 Å². The number of hydrogen-bond donors (Lipinski definition) is 1. The number of benzene rings is 2. The lowest BCUT2D eigenvalue weighted by atomic mass is 10.2. The Labute approximate surface area is 122 Å². The van der Waals surface area contributed by atoms with Crippen LogP contribution in [0.25, 0.3) is 10.2 Å². The standard InChI is InChI=1S/C16H16N2OS/c1-2-19-15-6-4-3-5-12(15)10-17-13-7-8-14-16(9-13)20-11-18-14/h3-9,11,17H,2,10H2,1H3. The molecule has 0 fully saturated rings. The van der Waals surface area contributed by atoms with Gasteiger partial charge < -0.3 is 10.1 Å². The number of aromatic nitrogens is 1. The van der Waals surface area contributed by atoms with Crippen LogP contribution in [0, 0.1) is 0 Å². The average molecular weight is 284 g/mol. The zero-order chi connectivity index (χ0) is 13.8. The van der Waals surface area contributed by atoms with E-state index < -0.39 is 0 Å². The third-order valence-corrected chi connectivity index (χ3v) is 3.88. The van der Waals surface area contributed by atoms with Crippen molar-refractivity contribution >= 4 is 27.2 Å². The molecule has 3 aromatic rings. The Morgan fingerprint density at radius 2 is 2.10 bits per heavy atom. The van der Waals surface area contributed by atoms with E-state index in [0.29, 0.717) is 6.61 Å². The molecule has 0 spiro atoms. The van der Waals surface area contributed by atoms with Crippen LogP contribution in [0.1, 0.15) is 12.5 Å². The van der Waals surface area contributed by atoms with Crippen molar-refractivity contribution in [3.8, 4) is 5.75 Å². The van der Waals surface area contributed by atoms with Gasteiger partial charge in [-0.15, -0.1) is 11.3 Å². The summed E-state index contributed by atoms with van der Waals surface area (Å²) in [7, 11) is 0. The molecule has 1 aromatic heterocycles. The predicted molar refractivity (Wildman–Crippen MR) is 84.6 cm³/mol. The van der Waals surface area contributed by atoms with E-state index in [9.17, 15) is 0 Å². The van der Waals surface area contributed by atoms with Gasteiger partial charge in [0, 0.05) is 17.8 Å². The second kappa shape index (κ2) is 5.92. The summed E-state index contributed by atoms with van der Waals surface area (Å²) in [5.41, 5.74) is 5.20. The molecule has 1 N–H and O–H groups in total. The first-order valence-electron chi connectivity index (χ1n) is 6.64. The van der Waals surface area contributed by atoms with Crippen molar-refractivity contribution in [2.24, 2.45) is 0 Å². The molecule has 102 valence electrons. The Morgan fingerprint density at radius 3 is 3.00 bits per heavy atom. The first kappa shape index (κ1) is 12.9. The molecule has 0 atom stereocenters. The molecule has 0 aliphatic carbocycles. The molecule has 0 amide bonds. The number of thiazole rings is 1. The van der Waals surface area contributed by atoms with Crippen LogP contribution in [-0.4, -0.2) is 11.6 Å². The number of nitrogens with one attached hydrogen (secondary N) is 1. The molecule has 0 aliphatic heterocycles. The monoisotopic (exact) mass is 284 g/mol. The normalized spacial score (nSPS) is 10.7. The molecular formula is C16H16N2OS. The van der Waals surface area contributed by atoms with E-state index in [1.54, 1.807) is 11.3 Å². The number of anilines is 1. The summed E-state index contributed by atoms with van der Waals surface area (Å²) in [6.07, 6.45) is 0. The highest BCUT2D eigenvalue weighted by molar-refractivity contribution is 7.16. The maximum absolute atomic E-state index is 5.64. The Balaban J connectivity index is 1.75. The maximum Gasteiger partial charge on any atom is 0.124 e. The average Bonchev–Trinajstić information content (AvgIpc) is 2.94. The van der Waals surface area contributed by atoms with Gasteiger partial charge in [0.1, 0.15) is 5.75 Å². The van der Waals surface area contributed by atoms with E-state index >= 15 is 0 Å². The lowest BCUT2D eigenvalue weighted by Crippen LogP contribution is -2.02. The molecular weight excluding hydrogens is 268 g/mol. The molecule has 20 heavy (non-hydrogen) atoms. The fraction of sp³-hybridized carbons (Fsp3) is 0.188. The van der Waals surface area contributed by atoms with Crippen LogP contribution >= 0.6 is 11.3 Å². The Kier molecular flexibility index (Phi) is 3.83. The summed E-state index contributed by atoms with van der Waals surface area (Å²) >= 11 is 1.66. The largest absolute Gasteiger partial charge is 0.494 e. The molecule has 4 heteroatoms. The van der Waals surface area contributed by atoms with E-state index in [4.69, 9.17) is 4.74 Å². The van der Waals surface area contributed by atoms with Gasteiger partial charge in [0.15, 0.2) is 0 Å². The van der Waals surface area contributed by atoms with E-state index in [2.05, 4.69) is 28.5 Å². The number of ether oxygens (including phenoxy) is 1. The molecule has 0 aliphatic rings. The quantitative estimate of drug-likeness (QED) is 0.758. The van der Waals surface area contributed by atoms with Crippen molar-refractivity contribution < 1.29 is 4.74 Å². The SMILES string of the molecule is CCOc1ccccc1CNc1ccc2ncsc2c1. The second-order valence-corrected chi connectivity index (χ2v) is 5.32. The van der Waals surface area contributed by atoms with Gasteiger partial charge in [-0.1, -0.05) is 18.2 Å². The van der Waals surface area contributed by atoms with E-state index in [1.807, 2.05) is 36.7 Å². The van der Waals surface area contributed by atoms with Crippen molar-refractivity contribution in [1.29, 1.82) is 0 Å². The molecule has 2 aromatic carbocycles. The van der Waals surface area contributed by atoms with Gasteiger partial charge in [-0.25, -0.2) is 4.98 Å². The van der Waals surface area contributed by atoms with Crippen LogP contribution in [-0.2, 0) is 6.54 Å². The third kappa shape index (κ3) is 2.75. The topological polar surface area (TPSA) is 34.1 Å². The van der Waals surface area contributed by atoms with Crippen LogP contribution in [0.3, 0.4) is 0 Å². The van der Waals surface area contributed by atoms with Gasteiger partial charge in [0.25, 0.3) is 0 Å². The minimum Gasteiger partial charge on any atom is -0.494 e. The second-order valence-electron chi connectivity index (χ2n) is 4.43. The molecule has 1 heterocycles. The predicted octanol–water partition coefficient (Wildman–Crippen LogP) is 4.31. The van der Waals surface area contributed by atoms with Gasteiger partial charge in [-0.05, 0) is 31.2 Å². The van der Waals surface area contributed by atoms with Crippen molar-refractivity contribution in [2.45, 2.75) is 13.5 Å². The summed E-state index contributed by atoms with van der Waals surface area (Å²) in [4.78, 5) is 4.29. The fourth-order valence-electron chi connectivity index (χ4n) is 2.11. The van der Waals surface area contributed by atoms with Gasteiger partial charge >= 0.3 is 0 Å². The van der Waals surface area contributed by atoms with Crippen molar-refractivity contribution in [1.82, 2.24) is 4.98 Å². The highest BCUT2D eigenvalue weighted by atomic mass is 32.1. The van der Waals surface area contributed by atoms with Crippen LogP contribution in [0.5, 0.6) is 5.75 Å². The Hall–Kier alpha value is -2.07. The Bertz CT molecular complexity index is 708. The molecule has 3 rings (SSSR count). The summed E-state index contributed by atoms with van der Waals surface area (Å²) < 4.78 is 6.84. The lowest BCUT2D eigenvalue weighted by molar-refractivity contribution is 0.337. The molecule has 0 bridgehead atoms.